The third-order valence-corrected chi connectivity index (χ3v) is 8.60. The van der Waals surface area contributed by atoms with Crippen molar-refractivity contribution in [1.29, 1.82) is 0 Å². The highest BCUT2D eigenvalue weighted by molar-refractivity contribution is 7.99. The van der Waals surface area contributed by atoms with Crippen LogP contribution in [0.15, 0.2) is 66.9 Å². The van der Waals surface area contributed by atoms with Gasteiger partial charge in [-0.25, -0.2) is 9.88 Å². The van der Waals surface area contributed by atoms with Gasteiger partial charge in [0.25, 0.3) is 11.8 Å². The molecular formula is C31H32N4O4S. The van der Waals surface area contributed by atoms with Gasteiger partial charge in [0.1, 0.15) is 0 Å². The molecule has 206 valence electrons. The largest absolute Gasteiger partial charge is 0.378 e. The minimum Gasteiger partial charge on any atom is -0.378 e. The minimum absolute atomic E-state index is 0.0247. The molecule has 2 aliphatic rings. The first kappa shape index (κ1) is 26.9. The zero-order chi connectivity index (χ0) is 27.7. The van der Waals surface area contributed by atoms with Gasteiger partial charge in [0.15, 0.2) is 0 Å². The van der Waals surface area contributed by atoms with Crippen molar-refractivity contribution in [2.24, 2.45) is 0 Å². The fourth-order valence-electron chi connectivity index (χ4n) is 5.34. The van der Waals surface area contributed by atoms with Crippen molar-refractivity contribution < 1.29 is 19.7 Å². The summed E-state index contributed by atoms with van der Waals surface area (Å²) in [5.41, 5.74) is 6.97. The van der Waals surface area contributed by atoms with Crippen LogP contribution in [0.4, 0.5) is 0 Å². The van der Waals surface area contributed by atoms with E-state index in [-0.39, 0.29) is 5.91 Å². The van der Waals surface area contributed by atoms with Gasteiger partial charge < -0.3 is 19.8 Å². The van der Waals surface area contributed by atoms with Gasteiger partial charge in [0, 0.05) is 59.9 Å². The average Bonchev–Trinajstić information content (AvgIpc) is 3.01. The summed E-state index contributed by atoms with van der Waals surface area (Å²) in [5.74, 6) is -0.218. The Balaban J connectivity index is 1.30. The molecule has 4 aromatic rings. The number of morpholine rings is 1. The Bertz CT molecular complexity index is 1530. The van der Waals surface area contributed by atoms with Gasteiger partial charge >= 0.3 is 0 Å². The lowest BCUT2D eigenvalue weighted by molar-refractivity contribution is -0.273. The average molecular weight is 557 g/mol. The zero-order valence-corrected chi connectivity index (χ0v) is 23.2. The van der Waals surface area contributed by atoms with Crippen molar-refractivity contribution in [2.45, 2.75) is 12.8 Å². The molecule has 1 aromatic heterocycles. The monoisotopic (exact) mass is 556 g/mol. The molecule has 3 heterocycles. The Morgan fingerprint density at radius 1 is 0.950 bits per heavy atom. The molecule has 40 heavy (non-hydrogen) atoms. The summed E-state index contributed by atoms with van der Waals surface area (Å²) in [5, 5.41) is 21.8. The molecule has 1 amide bonds. The number of fused-ring (bicyclic) bond motifs is 1. The van der Waals surface area contributed by atoms with Gasteiger partial charge in [-0.05, 0) is 36.2 Å². The molecule has 2 saturated heterocycles. The topological polar surface area (TPSA) is 99.0 Å². The lowest BCUT2D eigenvalue weighted by Crippen LogP contribution is -2.49. The summed E-state index contributed by atoms with van der Waals surface area (Å²) in [6, 6.07) is 19.0. The first-order valence-corrected chi connectivity index (χ1v) is 14.7. The SMILES string of the molecule is Cc1cc(-c2cnc3cccc(-c4ccc(C(O)(O)N5CCSCC5)cc4)c3n2)ccc1C(=O)N1CCOCC1. The molecule has 0 spiro atoms. The van der Waals surface area contributed by atoms with E-state index in [1.807, 2.05) is 72.1 Å². The van der Waals surface area contributed by atoms with Gasteiger partial charge in [0.2, 0.25) is 0 Å². The van der Waals surface area contributed by atoms with Gasteiger partial charge in [-0.3, -0.25) is 9.78 Å². The summed E-state index contributed by atoms with van der Waals surface area (Å²) in [6.45, 7) is 5.55. The molecule has 9 heteroatoms. The van der Waals surface area contributed by atoms with Crippen LogP contribution in [0, 0.1) is 6.92 Å². The number of hydrogen-bond donors (Lipinski definition) is 2. The fourth-order valence-corrected chi connectivity index (χ4v) is 6.24. The van der Waals surface area contributed by atoms with Crippen LogP contribution < -0.4 is 0 Å². The van der Waals surface area contributed by atoms with E-state index in [2.05, 4.69) is 4.98 Å². The number of aliphatic hydroxyl groups is 2. The molecule has 8 nitrogen and oxygen atoms in total. The molecular weight excluding hydrogens is 524 g/mol. The number of nitrogens with zero attached hydrogens (tertiary/aromatic N) is 4. The minimum atomic E-state index is -2.00. The van der Waals surface area contributed by atoms with E-state index in [4.69, 9.17) is 9.72 Å². The predicted molar refractivity (Wildman–Crippen MR) is 157 cm³/mol. The molecule has 0 bridgehead atoms. The molecule has 2 aliphatic heterocycles. The molecule has 0 radical (unpaired) electrons. The van der Waals surface area contributed by atoms with Crippen molar-refractivity contribution in [3.8, 4) is 22.4 Å². The summed E-state index contributed by atoms with van der Waals surface area (Å²) < 4.78 is 5.38. The van der Waals surface area contributed by atoms with Crippen molar-refractivity contribution in [2.75, 3.05) is 50.9 Å². The number of thioether (sulfide) groups is 1. The maximum absolute atomic E-state index is 13.0. The van der Waals surface area contributed by atoms with Gasteiger partial charge in [0.05, 0.1) is 36.1 Å². The summed E-state index contributed by atoms with van der Waals surface area (Å²) in [4.78, 5) is 26.2. The molecule has 6 rings (SSSR count). The molecule has 0 unspecified atom stereocenters. The highest BCUT2D eigenvalue weighted by Gasteiger charge is 2.35. The Hall–Kier alpha value is -3.34. The summed E-state index contributed by atoms with van der Waals surface area (Å²) >= 11 is 1.82. The van der Waals surface area contributed by atoms with E-state index in [1.54, 1.807) is 23.2 Å². The second-order valence-electron chi connectivity index (χ2n) is 10.2. The Morgan fingerprint density at radius 2 is 1.68 bits per heavy atom. The number of aromatic nitrogens is 2. The second-order valence-corrected chi connectivity index (χ2v) is 11.4. The molecule has 0 atom stereocenters. The Labute approximate surface area is 237 Å². The van der Waals surface area contributed by atoms with Crippen molar-refractivity contribution in [3.05, 3.63) is 83.6 Å². The smallest absolute Gasteiger partial charge is 0.254 e. The second kappa shape index (κ2) is 11.3. The highest BCUT2D eigenvalue weighted by Crippen LogP contribution is 2.32. The fraction of sp³-hybridized carbons (Fsp3) is 0.323. The van der Waals surface area contributed by atoms with E-state index in [0.29, 0.717) is 50.5 Å². The third kappa shape index (κ3) is 5.23. The van der Waals surface area contributed by atoms with E-state index in [9.17, 15) is 15.0 Å². The standard InChI is InChI=1S/C31H32N4O4S/c1-21-19-23(7-10-25(21)30(36)34-11-15-39-16-12-34)28-20-32-27-4-2-3-26(29(27)33-28)22-5-8-24(9-6-22)31(37,38)35-13-17-40-18-14-35/h2-10,19-20,37-38H,11-18H2,1H3. The van der Waals surface area contributed by atoms with Gasteiger partial charge in [-0.1, -0.05) is 42.5 Å². The molecule has 2 N–H and O–H groups in total. The van der Waals surface area contributed by atoms with Crippen molar-refractivity contribution >= 4 is 28.7 Å². The Morgan fingerprint density at radius 3 is 2.40 bits per heavy atom. The molecule has 0 aliphatic carbocycles. The van der Waals surface area contributed by atoms with Gasteiger partial charge in [-0.15, -0.1) is 0 Å². The maximum atomic E-state index is 13.0. The number of carbonyl (C=O) groups is 1. The molecule has 0 saturated carbocycles. The number of para-hydroxylation sites is 1. The first-order chi connectivity index (χ1) is 19.4. The van der Waals surface area contributed by atoms with Crippen LogP contribution in [0.2, 0.25) is 0 Å². The van der Waals surface area contributed by atoms with E-state index < -0.39 is 5.91 Å². The Kier molecular flexibility index (Phi) is 7.57. The molecule has 3 aromatic carbocycles. The third-order valence-electron chi connectivity index (χ3n) is 7.66. The van der Waals surface area contributed by atoms with E-state index in [1.165, 1.54) is 0 Å². The lowest BCUT2D eigenvalue weighted by atomic mass is 10.00. The van der Waals surface area contributed by atoms with E-state index in [0.717, 1.165) is 50.5 Å². The van der Waals surface area contributed by atoms with Crippen LogP contribution in [-0.2, 0) is 10.6 Å². The maximum Gasteiger partial charge on any atom is 0.254 e. The highest BCUT2D eigenvalue weighted by atomic mass is 32.2. The normalized spacial score (nSPS) is 16.8. The van der Waals surface area contributed by atoms with E-state index >= 15 is 0 Å². The quantitative estimate of drug-likeness (QED) is 0.358. The summed E-state index contributed by atoms with van der Waals surface area (Å²) in [6.07, 6.45) is 1.76. The number of benzene rings is 3. The molecule has 2 fully saturated rings. The summed E-state index contributed by atoms with van der Waals surface area (Å²) in [7, 11) is 0. The zero-order valence-electron chi connectivity index (χ0n) is 22.4. The van der Waals surface area contributed by atoms with Crippen LogP contribution in [0.1, 0.15) is 21.5 Å². The number of aryl methyl sites for hydroxylation is 1. The van der Waals surface area contributed by atoms with Crippen LogP contribution in [-0.4, -0.2) is 86.8 Å². The first-order valence-electron chi connectivity index (χ1n) is 13.5. The van der Waals surface area contributed by atoms with Crippen LogP contribution in [0.3, 0.4) is 0 Å². The number of amides is 1. The lowest BCUT2D eigenvalue weighted by Gasteiger charge is -2.37. The number of carbonyl (C=O) groups excluding carboxylic acids is 1. The predicted octanol–water partition coefficient (Wildman–Crippen LogP) is 3.89. The number of ether oxygens (including phenoxy) is 1. The van der Waals surface area contributed by atoms with Crippen LogP contribution >= 0.6 is 11.8 Å². The van der Waals surface area contributed by atoms with Crippen LogP contribution in [0.5, 0.6) is 0 Å². The number of hydrogen-bond acceptors (Lipinski definition) is 8. The van der Waals surface area contributed by atoms with Crippen molar-refractivity contribution in [3.63, 3.8) is 0 Å². The number of rotatable bonds is 5. The van der Waals surface area contributed by atoms with Crippen molar-refractivity contribution in [1.82, 2.24) is 19.8 Å². The van der Waals surface area contributed by atoms with Crippen LogP contribution in [0.25, 0.3) is 33.4 Å². The van der Waals surface area contributed by atoms with Gasteiger partial charge in [-0.2, -0.15) is 11.8 Å².